The van der Waals surface area contributed by atoms with Crippen molar-refractivity contribution < 1.29 is 5.11 Å². The smallest absolute Gasteiger partial charge is 0.151 e. The highest BCUT2D eigenvalue weighted by atomic mass is 16.3. The molecule has 1 heterocycles. The Morgan fingerprint density at radius 2 is 2.00 bits per heavy atom. The first-order valence-electron chi connectivity index (χ1n) is 7.41. The molecule has 106 valence electrons. The second-order valence-corrected chi connectivity index (χ2v) is 5.86. The van der Waals surface area contributed by atoms with Crippen molar-refractivity contribution in [3.05, 3.63) is 17.8 Å². The van der Waals surface area contributed by atoms with Gasteiger partial charge in [-0.2, -0.15) is 5.10 Å². The number of aliphatic hydroxyl groups is 1. The van der Waals surface area contributed by atoms with Crippen molar-refractivity contribution in [2.24, 2.45) is 5.92 Å². The Bertz CT molecular complexity index is 371. The molecule has 0 saturated heterocycles. The third-order valence-electron chi connectivity index (χ3n) is 3.87. The van der Waals surface area contributed by atoms with Gasteiger partial charge in [-0.1, -0.05) is 26.7 Å². The van der Waals surface area contributed by atoms with Crippen molar-refractivity contribution in [2.75, 3.05) is 11.4 Å². The first-order chi connectivity index (χ1) is 9.20. The van der Waals surface area contributed by atoms with Crippen LogP contribution >= 0.6 is 0 Å². The molecular weight excluding hydrogens is 238 g/mol. The molecule has 0 aromatic carbocycles. The van der Waals surface area contributed by atoms with Crippen LogP contribution < -0.4 is 4.90 Å². The van der Waals surface area contributed by atoms with Crippen LogP contribution in [0.2, 0.25) is 0 Å². The van der Waals surface area contributed by atoms with Gasteiger partial charge in [0.2, 0.25) is 0 Å². The van der Waals surface area contributed by atoms with Crippen molar-refractivity contribution in [3.8, 4) is 0 Å². The van der Waals surface area contributed by atoms with E-state index >= 15 is 0 Å². The molecule has 19 heavy (non-hydrogen) atoms. The van der Waals surface area contributed by atoms with Gasteiger partial charge < -0.3 is 10.0 Å². The summed E-state index contributed by atoms with van der Waals surface area (Å²) in [7, 11) is 0. The van der Waals surface area contributed by atoms with E-state index in [1.54, 1.807) is 0 Å². The molecule has 0 aliphatic heterocycles. The Labute approximate surface area is 115 Å². The Morgan fingerprint density at radius 3 is 2.53 bits per heavy atom. The lowest BCUT2D eigenvalue weighted by Crippen LogP contribution is -2.35. The zero-order valence-electron chi connectivity index (χ0n) is 12.0. The Hall–Kier alpha value is -1.16. The first-order valence-corrected chi connectivity index (χ1v) is 7.41. The fraction of sp³-hybridized carbons (Fsp3) is 0.733. The summed E-state index contributed by atoms with van der Waals surface area (Å²) in [4.78, 5) is 2.42. The van der Waals surface area contributed by atoms with E-state index in [1.807, 2.05) is 12.1 Å². The molecule has 0 unspecified atom stereocenters. The van der Waals surface area contributed by atoms with Gasteiger partial charge in [0, 0.05) is 12.6 Å². The van der Waals surface area contributed by atoms with Gasteiger partial charge in [0.1, 0.15) is 0 Å². The molecule has 0 amide bonds. The monoisotopic (exact) mass is 263 g/mol. The topological polar surface area (TPSA) is 49.2 Å². The molecule has 0 bridgehead atoms. The summed E-state index contributed by atoms with van der Waals surface area (Å²) in [5.74, 6) is 1.67. The van der Waals surface area contributed by atoms with Crippen LogP contribution in [-0.2, 0) is 6.61 Å². The van der Waals surface area contributed by atoms with Crippen LogP contribution in [0, 0.1) is 5.92 Å². The molecule has 4 heteroatoms. The molecule has 4 nitrogen and oxygen atoms in total. The number of anilines is 1. The molecule has 1 aliphatic rings. The molecule has 1 N–H and O–H groups in total. The van der Waals surface area contributed by atoms with Gasteiger partial charge in [0.15, 0.2) is 5.82 Å². The Morgan fingerprint density at radius 1 is 1.26 bits per heavy atom. The SMILES string of the molecule is CC(C)CCN(c1ccc(CO)nn1)C1CCCC1. The standard InChI is InChI=1S/C15H25N3O/c1-12(2)9-10-18(14-5-3-4-6-14)15-8-7-13(11-19)16-17-15/h7-8,12,14,19H,3-6,9-11H2,1-2H3. The molecule has 1 aliphatic carbocycles. The lowest BCUT2D eigenvalue weighted by molar-refractivity contribution is 0.275. The van der Waals surface area contributed by atoms with E-state index in [0.29, 0.717) is 17.7 Å². The number of nitrogens with zero attached hydrogens (tertiary/aromatic N) is 3. The van der Waals surface area contributed by atoms with Gasteiger partial charge in [-0.15, -0.1) is 5.10 Å². The highest BCUT2D eigenvalue weighted by molar-refractivity contribution is 5.39. The molecule has 0 atom stereocenters. The van der Waals surface area contributed by atoms with E-state index in [9.17, 15) is 0 Å². The summed E-state index contributed by atoms with van der Waals surface area (Å²) < 4.78 is 0. The van der Waals surface area contributed by atoms with E-state index in [2.05, 4.69) is 28.9 Å². The molecular formula is C15H25N3O. The normalized spacial score (nSPS) is 16.2. The van der Waals surface area contributed by atoms with Crippen molar-refractivity contribution in [1.82, 2.24) is 10.2 Å². The minimum atomic E-state index is -0.0390. The largest absolute Gasteiger partial charge is 0.390 e. The Kier molecular flexibility index (Phi) is 5.14. The van der Waals surface area contributed by atoms with Gasteiger partial charge >= 0.3 is 0 Å². The van der Waals surface area contributed by atoms with Crippen molar-refractivity contribution in [3.63, 3.8) is 0 Å². The van der Waals surface area contributed by atoms with Crippen molar-refractivity contribution >= 4 is 5.82 Å². The van der Waals surface area contributed by atoms with Gasteiger partial charge in [0.25, 0.3) is 0 Å². The highest BCUT2D eigenvalue weighted by Crippen LogP contribution is 2.27. The first kappa shape index (κ1) is 14.3. The number of rotatable bonds is 6. The number of hydrogen-bond donors (Lipinski definition) is 1. The molecule has 2 rings (SSSR count). The maximum Gasteiger partial charge on any atom is 0.151 e. The maximum absolute atomic E-state index is 9.04. The van der Waals surface area contributed by atoms with E-state index in [1.165, 1.54) is 32.1 Å². The zero-order valence-corrected chi connectivity index (χ0v) is 12.0. The summed E-state index contributed by atoms with van der Waals surface area (Å²) in [5.41, 5.74) is 0.638. The number of hydrogen-bond acceptors (Lipinski definition) is 4. The van der Waals surface area contributed by atoms with Gasteiger partial charge in [-0.25, -0.2) is 0 Å². The third kappa shape index (κ3) is 3.90. The summed E-state index contributed by atoms with van der Waals surface area (Å²) in [6.45, 7) is 5.53. The molecule has 1 aromatic heterocycles. The van der Waals surface area contributed by atoms with Crippen LogP contribution in [0.3, 0.4) is 0 Å². The maximum atomic E-state index is 9.04. The van der Waals surface area contributed by atoms with Crippen LogP contribution in [0.4, 0.5) is 5.82 Å². The molecule has 1 aromatic rings. The minimum absolute atomic E-state index is 0.0390. The van der Waals surface area contributed by atoms with Crippen LogP contribution in [0.5, 0.6) is 0 Å². The van der Waals surface area contributed by atoms with Crippen molar-refractivity contribution in [2.45, 2.75) is 58.6 Å². The Balaban J connectivity index is 2.09. The molecule has 0 radical (unpaired) electrons. The van der Waals surface area contributed by atoms with Crippen LogP contribution in [0.25, 0.3) is 0 Å². The van der Waals surface area contributed by atoms with E-state index in [4.69, 9.17) is 5.11 Å². The van der Waals surface area contributed by atoms with Gasteiger partial charge in [-0.05, 0) is 37.3 Å². The fourth-order valence-corrected chi connectivity index (χ4v) is 2.69. The number of aromatic nitrogens is 2. The lowest BCUT2D eigenvalue weighted by Gasteiger charge is -2.30. The predicted molar refractivity (Wildman–Crippen MR) is 77.0 cm³/mol. The summed E-state index contributed by atoms with van der Waals surface area (Å²) in [5, 5.41) is 17.4. The minimum Gasteiger partial charge on any atom is -0.390 e. The van der Waals surface area contributed by atoms with E-state index in [-0.39, 0.29) is 6.61 Å². The molecule has 0 spiro atoms. The average molecular weight is 263 g/mol. The quantitative estimate of drug-likeness (QED) is 0.857. The highest BCUT2D eigenvalue weighted by Gasteiger charge is 2.23. The van der Waals surface area contributed by atoms with Crippen LogP contribution in [0.1, 0.15) is 51.6 Å². The summed E-state index contributed by atoms with van der Waals surface area (Å²) in [6, 6.07) is 4.49. The van der Waals surface area contributed by atoms with Gasteiger partial charge in [-0.3, -0.25) is 0 Å². The van der Waals surface area contributed by atoms with Crippen molar-refractivity contribution in [1.29, 1.82) is 0 Å². The molecule has 1 saturated carbocycles. The zero-order chi connectivity index (χ0) is 13.7. The van der Waals surface area contributed by atoms with Crippen LogP contribution in [-0.4, -0.2) is 27.9 Å². The summed E-state index contributed by atoms with van der Waals surface area (Å²) in [6.07, 6.45) is 6.36. The summed E-state index contributed by atoms with van der Waals surface area (Å²) >= 11 is 0. The van der Waals surface area contributed by atoms with E-state index in [0.717, 1.165) is 12.4 Å². The lowest BCUT2D eigenvalue weighted by atomic mass is 10.1. The number of aliphatic hydroxyl groups excluding tert-OH is 1. The second kappa shape index (κ2) is 6.85. The predicted octanol–water partition coefficient (Wildman–Crippen LogP) is 2.76. The second-order valence-electron chi connectivity index (χ2n) is 5.86. The van der Waals surface area contributed by atoms with Gasteiger partial charge in [0.05, 0.1) is 12.3 Å². The third-order valence-corrected chi connectivity index (χ3v) is 3.87. The fourth-order valence-electron chi connectivity index (χ4n) is 2.69. The van der Waals surface area contributed by atoms with Crippen LogP contribution in [0.15, 0.2) is 12.1 Å². The average Bonchev–Trinajstić information content (AvgIpc) is 2.93. The van der Waals surface area contributed by atoms with E-state index < -0.39 is 0 Å². The molecule has 1 fully saturated rings.